The van der Waals surface area contributed by atoms with Crippen LogP contribution in [-0.2, 0) is 4.79 Å². The van der Waals surface area contributed by atoms with Crippen molar-refractivity contribution in [1.82, 2.24) is 19.6 Å². The van der Waals surface area contributed by atoms with Gasteiger partial charge in [-0.1, -0.05) is 0 Å². The summed E-state index contributed by atoms with van der Waals surface area (Å²) in [6, 6.07) is 0. The van der Waals surface area contributed by atoms with Crippen molar-refractivity contribution in [3.8, 4) is 0 Å². The first kappa shape index (κ1) is 19.4. The lowest BCUT2D eigenvalue weighted by molar-refractivity contribution is -0.129. The maximum atomic E-state index is 11.7. The van der Waals surface area contributed by atoms with E-state index in [0.717, 1.165) is 45.6 Å². The maximum Gasteiger partial charge on any atom is 0.223 e. The van der Waals surface area contributed by atoms with E-state index in [9.17, 15) is 4.79 Å². The molecule has 0 heterocycles. The van der Waals surface area contributed by atoms with E-state index in [1.165, 1.54) is 0 Å². The summed E-state index contributed by atoms with van der Waals surface area (Å²) in [5.74, 6) is 0.218. The predicted octanol–water partition coefficient (Wildman–Crippen LogP) is 0.670. The first-order valence-corrected chi connectivity index (χ1v) is 7.55. The monoisotopic (exact) mass is 286 g/mol. The number of hydrogen-bond donors (Lipinski definition) is 0. The van der Waals surface area contributed by atoms with Gasteiger partial charge in [-0.2, -0.15) is 0 Å². The van der Waals surface area contributed by atoms with E-state index in [1.54, 1.807) is 4.90 Å². The number of carbonyl (C=O) groups excluding carboxylic acids is 1. The summed E-state index contributed by atoms with van der Waals surface area (Å²) in [4.78, 5) is 20.2. The number of nitrogens with zero attached hydrogens (tertiary/aromatic N) is 4. The van der Waals surface area contributed by atoms with Crippen LogP contribution in [-0.4, -0.2) is 101 Å². The Morgan fingerprint density at radius 3 is 1.50 bits per heavy atom. The average molecular weight is 286 g/mol. The SMILES string of the molecule is CN(C)CCCN(CCCN(C)C)CCC(=O)N(C)C. The zero-order valence-corrected chi connectivity index (χ0v) is 14.4. The van der Waals surface area contributed by atoms with Gasteiger partial charge in [-0.3, -0.25) is 4.79 Å². The summed E-state index contributed by atoms with van der Waals surface area (Å²) in [5, 5.41) is 0. The lowest BCUT2D eigenvalue weighted by atomic mass is 10.2. The third-order valence-electron chi connectivity index (χ3n) is 3.30. The van der Waals surface area contributed by atoms with Crippen LogP contribution in [0.15, 0.2) is 0 Å². The van der Waals surface area contributed by atoms with Crippen molar-refractivity contribution in [2.24, 2.45) is 0 Å². The molecule has 5 nitrogen and oxygen atoms in total. The van der Waals surface area contributed by atoms with E-state index in [4.69, 9.17) is 0 Å². The fourth-order valence-electron chi connectivity index (χ4n) is 2.03. The van der Waals surface area contributed by atoms with Gasteiger partial charge in [-0.05, 0) is 67.2 Å². The first-order chi connectivity index (χ1) is 9.32. The van der Waals surface area contributed by atoms with Crippen molar-refractivity contribution in [3.63, 3.8) is 0 Å². The molecule has 20 heavy (non-hydrogen) atoms. The molecular weight excluding hydrogens is 252 g/mol. The number of amides is 1. The Morgan fingerprint density at radius 2 is 1.15 bits per heavy atom. The molecule has 0 aliphatic carbocycles. The molecule has 0 N–H and O–H groups in total. The van der Waals surface area contributed by atoms with E-state index in [0.29, 0.717) is 6.42 Å². The molecule has 1 amide bonds. The molecule has 0 atom stereocenters. The highest BCUT2D eigenvalue weighted by molar-refractivity contribution is 5.75. The Bertz CT molecular complexity index is 240. The maximum absolute atomic E-state index is 11.7. The van der Waals surface area contributed by atoms with Gasteiger partial charge >= 0.3 is 0 Å². The highest BCUT2D eigenvalue weighted by Gasteiger charge is 2.09. The van der Waals surface area contributed by atoms with E-state index < -0.39 is 0 Å². The Hall–Kier alpha value is -0.650. The Labute approximate surface area is 125 Å². The molecule has 5 heteroatoms. The zero-order valence-electron chi connectivity index (χ0n) is 14.4. The van der Waals surface area contributed by atoms with Gasteiger partial charge in [-0.25, -0.2) is 0 Å². The molecule has 0 rings (SSSR count). The van der Waals surface area contributed by atoms with Crippen molar-refractivity contribution in [3.05, 3.63) is 0 Å². The molecule has 0 aromatic carbocycles. The summed E-state index contributed by atoms with van der Waals surface area (Å²) >= 11 is 0. The second kappa shape index (κ2) is 11.1. The highest BCUT2D eigenvalue weighted by Crippen LogP contribution is 2.00. The summed E-state index contributed by atoms with van der Waals surface area (Å²) in [7, 11) is 12.1. The van der Waals surface area contributed by atoms with E-state index in [2.05, 4.69) is 42.9 Å². The highest BCUT2D eigenvalue weighted by atomic mass is 16.2. The van der Waals surface area contributed by atoms with Crippen molar-refractivity contribution in [2.45, 2.75) is 19.3 Å². The van der Waals surface area contributed by atoms with Crippen LogP contribution in [0.25, 0.3) is 0 Å². The van der Waals surface area contributed by atoms with Crippen molar-refractivity contribution in [1.29, 1.82) is 0 Å². The van der Waals surface area contributed by atoms with Gasteiger partial charge in [0, 0.05) is 27.1 Å². The fraction of sp³-hybridized carbons (Fsp3) is 0.933. The lowest BCUT2D eigenvalue weighted by Gasteiger charge is -2.24. The fourth-order valence-corrected chi connectivity index (χ4v) is 2.03. The molecule has 0 saturated carbocycles. The van der Waals surface area contributed by atoms with Crippen LogP contribution < -0.4 is 0 Å². The van der Waals surface area contributed by atoms with Crippen molar-refractivity contribution < 1.29 is 4.79 Å². The molecule has 0 radical (unpaired) electrons. The second-order valence-corrected chi connectivity index (χ2v) is 6.19. The largest absolute Gasteiger partial charge is 0.349 e. The number of rotatable bonds is 11. The quantitative estimate of drug-likeness (QED) is 0.558. The topological polar surface area (TPSA) is 30.0 Å². The summed E-state index contributed by atoms with van der Waals surface area (Å²) in [6.45, 7) is 5.23. The zero-order chi connectivity index (χ0) is 15.5. The van der Waals surface area contributed by atoms with Gasteiger partial charge in [0.2, 0.25) is 5.91 Å². The summed E-state index contributed by atoms with van der Waals surface area (Å²) < 4.78 is 0. The standard InChI is InChI=1S/C15H34N4O/c1-16(2)10-7-12-19(13-8-11-17(3)4)14-9-15(20)18(5)6/h7-14H2,1-6H3. The minimum Gasteiger partial charge on any atom is -0.349 e. The lowest BCUT2D eigenvalue weighted by Crippen LogP contribution is -2.34. The van der Waals surface area contributed by atoms with Crippen LogP contribution in [0.3, 0.4) is 0 Å². The summed E-state index contributed by atoms with van der Waals surface area (Å²) in [5.41, 5.74) is 0. The number of hydrogen-bond acceptors (Lipinski definition) is 4. The molecule has 0 spiro atoms. The van der Waals surface area contributed by atoms with Crippen molar-refractivity contribution >= 4 is 5.91 Å². The molecule has 0 aliphatic heterocycles. The molecule has 120 valence electrons. The third-order valence-corrected chi connectivity index (χ3v) is 3.30. The van der Waals surface area contributed by atoms with Crippen molar-refractivity contribution in [2.75, 3.05) is 75.0 Å². The molecule has 0 saturated heterocycles. The minimum absolute atomic E-state index is 0.218. The van der Waals surface area contributed by atoms with E-state index in [-0.39, 0.29) is 5.91 Å². The Balaban J connectivity index is 4.06. The third kappa shape index (κ3) is 11.2. The second-order valence-electron chi connectivity index (χ2n) is 6.19. The Kier molecular flexibility index (Phi) is 10.7. The molecular formula is C15H34N4O. The van der Waals surface area contributed by atoms with Gasteiger partial charge in [0.15, 0.2) is 0 Å². The normalized spacial score (nSPS) is 11.7. The molecule has 0 bridgehead atoms. The molecule has 0 unspecified atom stereocenters. The van der Waals surface area contributed by atoms with Crippen LogP contribution in [0.4, 0.5) is 0 Å². The van der Waals surface area contributed by atoms with Gasteiger partial charge in [0.25, 0.3) is 0 Å². The van der Waals surface area contributed by atoms with Gasteiger partial charge in [-0.15, -0.1) is 0 Å². The predicted molar refractivity (Wildman–Crippen MR) is 86.1 cm³/mol. The van der Waals surface area contributed by atoms with Crippen LogP contribution in [0, 0.1) is 0 Å². The van der Waals surface area contributed by atoms with Gasteiger partial charge in [0.05, 0.1) is 0 Å². The van der Waals surface area contributed by atoms with Crippen LogP contribution >= 0.6 is 0 Å². The minimum atomic E-state index is 0.218. The molecule has 0 aromatic rings. The summed E-state index contributed by atoms with van der Waals surface area (Å²) in [6.07, 6.45) is 2.94. The first-order valence-electron chi connectivity index (χ1n) is 7.55. The van der Waals surface area contributed by atoms with Crippen LogP contribution in [0.5, 0.6) is 0 Å². The van der Waals surface area contributed by atoms with E-state index in [1.807, 2.05) is 14.1 Å². The van der Waals surface area contributed by atoms with Gasteiger partial charge in [0.1, 0.15) is 0 Å². The molecule has 0 fully saturated rings. The van der Waals surface area contributed by atoms with Crippen LogP contribution in [0.1, 0.15) is 19.3 Å². The van der Waals surface area contributed by atoms with Gasteiger partial charge < -0.3 is 19.6 Å². The molecule has 0 aliphatic rings. The van der Waals surface area contributed by atoms with E-state index >= 15 is 0 Å². The molecule has 0 aromatic heterocycles. The average Bonchev–Trinajstić information content (AvgIpc) is 2.33. The smallest absolute Gasteiger partial charge is 0.223 e. The van der Waals surface area contributed by atoms with Crippen LogP contribution in [0.2, 0.25) is 0 Å². The Morgan fingerprint density at radius 1 is 0.700 bits per heavy atom. The number of carbonyl (C=O) groups is 1.